The number of hydrogen-bond acceptors (Lipinski definition) is 4. The summed E-state index contributed by atoms with van der Waals surface area (Å²) in [7, 11) is 0. The highest BCUT2D eigenvalue weighted by Gasteiger charge is 2.20. The van der Waals surface area contributed by atoms with Crippen molar-refractivity contribution in [3.8, 4) is 0 Å². The summed E-state index contributed by atoms with van der Waals surface area (Å²) >= 11 is 0. The number of piperidine rings is 1. The standard InChI is InChI=1S/C12H15N3O2/c16-10(12-13-5-4-6-14-12)9-11(17)15-7-2-1-3-8-15/h4-6H,1-3,7-9H2. The Morgan fingerprint density at radius 2 is 1.76 bits per heavy atom. The number of hydrogen-bond donors (Lipinski definition) is 0. The van der Waals surface area contributed by atoms with Crippen molar-refractivity contribution in [2.24, 2.45) is 0 Å². The number of rotatable bonds is 3. The molecule has 0 atom stereocenters. The molecule has 2 rings (SSSR count). The van der Waals surface area contributed by atoms with Gasteiger partial charge in [-0.05, 0) is 25.3 Å². The molecular formula is C12H15N3O2. The quantitative estimate of drug-likeness (QED) is 0.578. The van der Waals surface area contributed by atoms with Crippen LogP contribution in [0.4, 0.5) is 0 Å². The Hall–Kier alpha value is -1.78. The first-order chi connectivity index (χ1) is 8.27. The van der Waals surface area contributed by atoms with Crippen molar-refractivity contribution in [3.63, 3.8) is 0 Å². The third-order valence-corrected chi connectivity index (χ3v) is 2.84. The first-order valence-corrected chi connectivity index (χ1v) is 5.85. The molecule has 5 nitrogen and oxygen atoms in total. The number of nitrogens with zero attached hydrogens (tertiary/aromatic N) is 3. The van der Waals surface area contributed by atoms with Crippen LogP contribution in [-0.4, -0.2) is 39.6 Å². The molecule has 1 amide bonds. The van der Waals surface area contributed by atoms with E-state index in [0.717, 1.165) is 25.9 Å². The van der Waals surface area contributed by atoms with E-state index in [1.54, 1.807) is 11.0 Å². The molecule has 0 aromatic carbocycles. The summed E-state index contributed by atoms with van der Waals surface area (Å²) in [6, 6.07) is 1.64. The van der Waals surface area contributed by atoms with E-state index in [9.17, 15) is 9.59 Å². The minimum absolute atomic E-state index is 0.109. The topological polar surface area (TPSA) is 63.2 Å². The minimum atomic E-state index is -0.304. The average molecular weight is 233 g/mol. The predicted octanol–water partition coefficient (Wildman–Crippen LogP) is 1.06. The first-order valence-electron chi connectivity index (χ1n) is 5.85. The third-order valence-electron chi connectivity index (χ3n) is 2.84. The normalized spacial score (nSPS) is 15.6. The number of aromatic nitrogens is 2. The van der Waals surface area contributed by atoms with E-state index in [-0.39, 0.29) is 23.9 Å². The fourth-order valence-electron chi connectivity index (χ4n) is 1.91. The van der Waals surface area contributed by atoms with Gasteiger partial charge < -0.3 is 4.90 Å². The molecule has 0 bridgehead atoms. The van der Waals surface area contributed by atoms with Gasteiger partial charge in [0.2, 0.25) is 11.7 Å². The van der Waals surface area contributed by atoms with Gasteiger partial charge in [-0.1, -0.05) is 0 Å². The highest BCUT2D eigenvalue weighted by atomic mass is 16.2. The summed E-state index contributed by atoms with van der Waals surface area (Å²) < 4.78 is 0. The van der Waals surface area contributed by atoms with Crippen LogP contribution >= 0.6 is 0 Å². The van der Waals surface area contributed by atoms with Crippen molar-refractivity contribution >= 4 is 11.7 Å². The van der Waals surface area contributed by atoms with E-state index in [0.29, 0.717) is 0 Å². The summed E-state index contributed by atoms with van der Waals surface area (Å²) in [5.74, 6) is -0.291. The van der Waals surface area contributed by atoms with E-state index in [4.69, 9.17) is 0 Å². The third kappa shape index (κ3) is 3.09. The molecule has 1 aromatic heterocycles. The summed E-state index contributed by atoms with van der Waals surface area (Å²) in [5, 5.41) is 0. The largest absolute Gasteiger partial charge is 0.342 e. The van der Waals surface area contributed by atoms with E-state index >= 15 is 0 Å². The zero-order valence-corrected chi connectivity index (χ0v) is 9.63. The van der Waals surface area contributed by atoms with Gasteiger partial charge in [0.1, 0.15) is 0 Å². The summed E-state index contributed by atoms with van der Waals surface area (Å²) in [4.78, 5) is 33.0. The van der Waals surface area contributed by atoms with Gasteiger partial charge in [-0.15, -0.1) is 0 Å². The number of likely N-dealkylation sites (tertiary alicyclic amines) is 1. The molecule has 0 spiro atoms. The number of amides is 1. The van der Waals surface area contributed by atoms with E-state index in [1.165, 1.54) is 18.8 Å². The van der Waals surface area contributed by atoms with Crippen molar-refractivity contribution < 1.29 is 9.59 Å². The van der Waals surface area contributed by atoms with Crippen LogP contribution in [-0.2, 0) is 4.79 Å². The molecule has 90 valence electrons. The predicted molar refractivity (Wildman–Crippen MR) is 61.4 cm³/mol. The minimum Gasteiger partial charge on any atom is -0.342 e. The first kappa shape index (κ1) is 11.7. The second-order valence-corrected chi connectivity index (χ2v) is 4.11. The SMILES string of the molecule is O=C(CC(=O)N1CCCCC1)c1ncccn1. The van der Waals surface area contributed by atoms with Crippen LogP contribution < -0.4 is 0 Å². The van der Waals surface area contributed by atoms with Crippen LogP contribution in [0.5, 0.6) is 0 Å². The molecule has 1 aliphatic heterocycles. The Kier molecular flexibility index (Phi) is 3.80. The number of carbonyl (C=O) groups is 2. The van der Waals surface area contributed by atoms with Crippen molar-refractivity contribution in [3.05, 3.63) is 24.3 Å². The summed E-state index contributed by atoms with van der Waals surface area (Å²) in [6.45, 7) is 1.53. The van der Waals surface area contributed by atoms with Crippen molar-refractivity contribution in [2.75, 3.05) is 13.1 Å². The molecule has 1 aromatic rings. The number of Topliss-reactive ketones (excluding diaryl/α,β-unsaturated/α-hetero) is 1. The highest BCUT2D eigenvalue weighted by Crippen LogP contribution is 2.10. The van der Waals surface area contributed by atoms with Gasteiger partial charge in [0.05, 0.1) is 6.42 Å². The maximum Gasteiger partial charge on any atom is 0.230 e. The lowest BCUT2D eigenvalue weighted by molar-refractivity contribution is -0.131. The molecule has 1 aliphatic rings. The Balaban J connectivity index is 1.92. The highest BCUT2D eigenvalue weighted by molar-refractivity contribution is 6.05. The van der Waals surface area contributed by atoms with Gasteiger partial charge in [-0.2, -0.15) is 0 Å². The van der Waals surface area contributed by atoms with Gasteiger partial charge in [-0.3, -0.25) is 9.59 Å². The molecule has 0 N–H and O–H groups in total. The zero-order valence-electron chi connectivity index (χ0n) is 9.63. The number of ketones is 1. The summed E-state index contributed by atoms with van der Waals surface area (Å²) in [6.07, 6.45) is 6.12. The molecule has 17 heavy (non-hydrogen) atoms. The Morgan fingerprint density at radius 1 is 1.12 bits per heavy atom. The van der Waals surface area contributed by atoms with Crippen LogP contribution in [0.15, 0.2) is 18.5 Å². The molecule has 1 saturated heterocycles. The van der Waals surface area contributed by atoms with E-state index in [2.05, 4.69) is 9.97 Å². The Bertz CT molecular complexity index is 399. The Labute approximate surface area is 99.9 Å². The van der Waals surface area contributed by atoms with Gasteiger partial charge in [0, 0.05) is 25.5 Å². The van der Waals surface area contributed by atoms with Crippen LogP contribution in [0.25, 0.3) is 0 Å². The van der Waals surface area contributed by atoms with Crippen molar-refractivity contribution in [2.45, 2.75) is 25.7 Å². The molecule has 0 aliphatic carbocycles. The average Bonchev–Trinajstić information content (AvgIpc) is 2.40. The fourth-order valence-corrected chi connectivity index (χ4v) is 1.91. The van der Waals surface area contributed by atoms with E-state index in [1.807, 2.05) is 0 Å². The van der Waals surface area contributed by atoms with Gasteiger partial charge in [0.15, 0.2) is 5.82 Å². The molecule has 0 saturated carbocycles. The van der Waals surface area contributed by atoms with Crippen molar-refractivity contribution in [1.82, 2.24) is 14.9 Å². The molecule has 2 heterocycles. The van der Waals surface area contributed by atoms with Gasteiger partial charge in [-0.25, -0.2) is 9.97 Å². The molecule has 5 heteroatoms. The van der Waals surface area contributed by atoms with E-state index < -0.39 is 0 Å². The lowest BCUT2D eigenvalue weighted by Crippen LogP contribution is -2.36. The molecule has 0 unspecified atom stereocenters. The second-order valence-electron chi connectivity index (χ2n) is 4.11. The maximum atomic E-state index is 11.8. The van der Waals surface area contributed by atoms with Crippen molar-refractivity contribution in [1.29, 1.82) is 0 Å². The zero-order chi connectivity index (χ0) is 12.1. The lowest BCUT2D eigenvalue weighted by atomic mass is 10.1. The Morgan fingerprint density at radius 3 is 2.41 bits per heavy atom. The van der Waals surface area contributed by atoms with Crippen LogP contribution in [0, 0.1) is 0 Å². The molecule has 1 fully saturated rings. The smallest absolute Gasteiger partial charge is 0.230 e. The van der Waals surface area contributed by atoms with Crippen LogP contribution in [0.2, 0.25) is 0 Å². The summed E-state index contributed by atoms with van der Waals surface area (Å²) in [5.41, 5.74) is 0. The number of carbonyl (C=O) groups excluding carboxylic acids is 2. The van der Waals surface area contributed by atoms with Gasteiger partial charge >= 0.3 is 0 Å². The molecular weight excluding hydrogens is 218 g/mol. The van der Waals surface area contributed by atoms with Crippen LogP contribution in [0.3, 0.4) is 0 Å². The second kappa shape index (κ2) is 5.52. The van der Waals surface area contributed by atoms with Gasteiger partial charge in [0.25, 0.3) is 0 Å². The monoisotopic (exact) mass is 233 g/mol. The van der Waals surface area contributed by atoms with Crippen LogP contribution in [0.1, 0.15) is 36.3 Å². The lowest BCUT2D eigenvalue weighted by Gasteiger charge is -2.26. The maximum absolute atomic E-state index is 11.8. The fraction of sp³-hybridized carbons (Fsp3) is 0.500. The molecule has 0 radical (unpaired) electrons.